The lowest BCUT2D eigenvalue weighted by Crippen LogP contribution is -1.98. The molecular weight excluding hydrogens is 230 g/mol. The number of allylic oxidation sites excluding steroid dienone is 11. The van der Waals surface area contributed by atoms with Crippen LogP contribution in [-0.4, -0.2) is 0 Å². The molecule has 0 bridgehead atoms. The molecule has 0 aromatic heterocycles. The van der Waals surface area contributed by atoms with E-state index in [4.69, 9.17) is 5.73 Å². The molecule has 1 aliphatic carbocycles. The van der Waals surface area contributed by atoms with E-state index in [1.807, 2.05) is 18.2 Å². The summed E-state index contributed by atoms with van der Waals surface area (Å²) in [6.07, 6.45) is 18.6. The summed E-state index contributed by atoms with van der Waals surface area (Å²) in [7, 11) is 0. The van der Waals surface area contributed by atoms with Gasteiger partial charge < -0.3 is 5.73 Å². The largest absolute Gasteiger partial charge is 0.399 e. The number of rotatable bonds is 2. The van der Waals surface area contributed by atoms with Crippen LogP contribution in [-0.2, 0) is 0 Å². The fraction of sp³-hybridized carbons (Fsp3) is 0.333. The summed E-state index contributed by atoms with van der Waals surface area (Å²) in [5.74, 6) is 0.967. The third-order valence-corrected chi connectivity index (χ3v) is 3.04. The van der Waals surface area contributed by atoms with Crippen LogP contribution in [0.2, 0.25) is 0 Å². The first-order chi connectivity index (χ1) is 9.00. The molecule has 0 fully saturated rings. The smallest absolute Gasteiger partial charge is 0.0316 e. The van der Waals surface area contributed by atoms with E-state index in [2.05, 4.69) is 64.2 Å². The Morgan fingerprint density at radius 3 is 2.00 bits per heavy atom. The predicted molar refractivity (Wildman–Crippen MR) is 85.5 cm³/mol. The van der Waals surface area contributed by atoms with Crippen LogP contribution < -0.4 is 5.73 Å². The highest BCUT2D eigenvalue weighted by atomic mass is 14.6. The summed E-state index contributed by atoms with van der Waals surface area (Å²) in [4.78, 5) is 0. The summed E-state index contributed by atoms with van der Waals surface area (Å²) in [6.45, 7) is 8.72. The highest BCUT2D eigenvalue weighted by molar-refractivity contribution is 5.36. The van der Waals surface area contributed by atoms with E-state index in [1.165, 1.54) is 11.1 Å². The third-order valence-electron chi connectivity index (χ3n) is 3.04. The fourth-order valence-electron chi connectivity index (χ4n) is 1.76. The Bertz CT molecular complexity index is 466. The highest BCUT2D eigenvalue weighted by Crippen LogP contribution is 2.15. The van der Waals surface area contributed by atoms with Gasteiger partial charge in [0.15, 0.2) is 0 Å². The van der Waals surface area contributed by atoms with E-state index in [-0.39, 0.29) is 0 Å². The van der Waals surface area contributed by atoms with Crippen molar-refractivity contribution in [1.82, 2.24) is 0 Å². The molecule has 1 aliphatic rings. The molecule has 19 heavy (non-hydrogen) atoms. The van der Waals surface area contributed by atoms with E-state index in [1.54, 1.807) is 0 Å². The second-order valence-electron chi connectivity index (χ2n) is 5.39. The average Bonchev–Trinajstić information content (AvgIpc) is 2.32. The molecule has 0 atom stereocenters. The van der Waals surface area contributed by atoms with Crippen molar-refractivity contribution in [2.24, 2.45) is 17.6 Å². The standard InChI is InChI=1S/C18H25N/c1-14(2)16-9-6-5-7-10-17(15(3)4)13-18(19)12-8-11-16/h5-15H,19H2,1-4H3/b6-5?,7-5-,9-6-,10-7?,11-8?,12-8-,16-9?,16-11+,17-10+,17-13?,18-12?,18-13+. The number of nitrogens with two attached hydrogens (primary N) is 1. The van der Waals surface area contributed by atoms with Gasteiger partial charge in [-0.25, -0.2) is 0 Å². The summed E-state index contributed by atoms with van der Waals surface area (Å²) in [6, 6.07) is 0. The van der Waals surface area contributed by atoms with Crippen LogP contribution in [0.4, 0.5) is 0 Å². The molecule has 0 aromatic rings. The fourth-order valence-corrected chi connectivity index (χ4v) is 1.76. The number of hydrogen-bond donors (Lipinski definition) is 1. The first-order valence-corrected chi connectivity index (χ1v) is 6.91. The molecule has 1 heteroatoms. The second kappa shape index (κ2) is 7.63. The molecule has 0 heterocycles. The van der Waals surface area contributed by atoms with Gasteiger partial charge in [-0.3, -0.25) is 0 Å². The average molecular weight is 255 g/mol. The first kappa shape index (κ1) is 15.3. The molecule has 1 rings (SSSR count). The van der Waals surface area contributed by atoms with Crippen LogP contribution in [0.1, 0.15) is 27.7 Å². The molecule has 0 saturated carbocycles. The Hall–Kier alpha value is -1.76. The van der Waals surface area contributed by atoms with Gasteiger partial charge in [-0.2, -0.15) is 0 Å². The maximum absolute atomic E-state index is 6.03. The van der Waals surface area contributed by atoms with Crippen LogP contribution in [0.25, 0.3) is 0 Å². The van der Waals surface area contributed by atoms with Gasteiger partial charge in [0.2, 0.25) is 0 Å². The Kier molecular flexibility index (Phi) is 6.14. The second-order valence-corrected chi connectivity index (χ2v) is 5.39. The molecule has 1 nitrogen and oxygen atoms in total. The van der Waals surface area contributed by atoms with Crippen molar-refractivity contribution in [2.75, 3.05) is 0 Å². The van der Waals surface area contributed by atoms with Crippen molar-refractivity contribution >= 4 is 0 Å². The minimum absolute atomic E-state index is 0.463. The Balaban J connectivity index is 3.11. The molecule has 0 unspecified atom stereocenters. The lowest BCUT2D eigenvalue weighted by molar-refractivity contribution is 0.789. The van der Waals surface area contributed by atoms with Crippen LogP contribution >= 0.6 is 0 Å². The van der Waals surface area contributed by atoms with Crippen molar-refractivity contribution in [3.05, 3.63) is 71.5 Å². The van der Waals surface area contributed by atoms with Crippen LogP contribution in [0, 0.1) is 11.8 Å². The van der Waals surface area contributed by atoms with Crippen LogP contribution in [0.15, 0.2) is 71.5 Å². The van der Waals surface area contributed by atoms with Gasteiger partial charge in [-0.05, 0) is 35.1 Å². The molecule has 0 aromatic carbocycles. The minimum Gasteiger partial charge on any atom is -0.399 e. The number of hydrogen-bond acceptors (Lipinski definition) is 1. The maximum atomic E-state index is 6.03. The van der Waals surface area contributed by atoms with Gasteiger partial charge in [0, 0.05) is 5.70 Å². The molecule has 0 saturated heterocycles. The molecule has 0 spiro atoms. The van der Waals surface area contributed by atoms with Crippen molar-refractivity contribution in [1.29, 1.82) is 0 Å². The third kappa shape index (κ3) is 5.60. The maximum Gasteiger partial charge on any atom is 0.0316 e. The normalized spacial score (nSPS) is 30.1. The summed E-state index contributed by atoms with van der Waals surface area (Å²) in [5.41, 5.74) is 9.35. The molecule has 2 N–H and O–H groups in total. The molecule has 102 valence electrons. The van der Waals surface area contributed by atoms with E-state index in [9.17, 15) is 0 Å². The van der Waals surface area contributed by atoms with Crippen molar-refractivity contribution < 1.29 is 0 Å². The summed E-state index contributed by atoms with van der Waals surface area (Å²) < 4.78 is 0. The Labute approximate surface area is 117 Å². The van der Waals surface area contributed by atoms with Crippen molar-refractivity contribution in [3.8, 4) is 0 Å². The lowest BCUT2D eigenvalue weighted by atomic mass is 10.00. The van der Waals surface area contributed by atoms with Gasteiger partial charge in [-0.1, -0.05) is 70.2 Å². The SMILES string of the molecule is CC(C)C1=C/C=C\C(N)=C/C(C(C)C)=C\C=C/C=C\1. The van der Waals surface area contributed by atoms with Gasteiger partial charge in [0.05, 0.1) is 0 Å². The summed E-state index contributed by atoms with van der Waals surface area (Å²) >= 11 is 0. The Morgan fingerprint density at radius 2 is 1.37 bits per heavy atom. The molecular formula is C18H25N. The van der Waals surface area contributed by atoms with Crippen LogP contribution in [0.3, 0.4) is 0 Å². The van der Waals surface area contributed by atoms with Gasteiger partial charge in [0.25, 0.3) is 0 Å². The molecule has 0 aliphatic heterocycles. The topological polar surface area (TPSA) is 26.0 Å². The van der Waals surface area contributed by atoms with E-state index in [0.29, 0.717) is 11.8 Å². The molecule has 0 radical (unpaired) electrons. The van der Waals surface area contributed by atoms with Gasteiger partial charge in [0.1, 0.15) is 0 Å². The van der Waals surface area contributed by atoms with Gasteiger partial charge in [-0.15, -0.1) is 0 Å². The Morgan fingerprint density at radius 1 is 0.737 bits per heavy atom. The van der Waals surface area contributed by atoms with Crippen molar-refractivity contribution in [2.45, 2.75) is 27.7 Å². The van der Waals surface area contributed by atoms with E-state index < -0.39 is 0 Å². The van der Waals surface area contributed by atoms with Gasteiger partial charge >= 0.3 is 0 Å². The van der Waals surface area contributed by atoms with E-state index in [0.717, 1.165) is 5.70 Å². The molecule has 0 amide bonds. The monoisotopic (exact) mass is 255 g/mol. The first-order valence-electron chi connectivity index (χ1n) is 6.91. The quantitative estimate of drug-likeness (QED) is 0.762. The van der Waals surface area contributed by atoms with Crippen LogP contribution in [0.5, 0.6) is 0 Å². The van der Waals surface area contributed by atoms with E-state index >= 15 is 0 Å². The predicted octanol–water partition coefficient (Wildman–Crippen LogP) is 4.68. The zero-order valence-corrected chi connectivity index (χ0v) is 12.4. The minimum atomic E-state index is 0.463. The zero-order valence-electron chi connectivity index (χ0n) is 12.4. The zero-order chi connectivity index (χ0) is 14.3. The summed E-state index contributed by atoms with van der Waals surface area (Å²) in [5, 5.41) is 0. The van der Waals surface area contributed by atoms with Crippen molar-refractivity contribution in [3.63, 3.8) is 0 Å². The lowest BCUT2D eigenvalue weighted by Gasteiger charge is -2.07. The highest BCUT2D eigenvalue weighted by Gasteiger charge is 2.00.